The van der Waals surface area contributed by atoms with E-state index >= 15 is 0 Å². The number of rotatable bonds is 5. The molecule has 0 saturated carbocycles. The molecule has 0 spiro atoms. The van der Waals surface area contributed by atoms with Crippen molar-refractivity contribution < 1.29 is 9.52 Å². The summed E-state index contributed by atoms with van der Waals surface area (Å²) in [7, 11) is 0. The first-order valence-electron chi connectivity index (χ1n) is 7.50. The summed E-state index contributed by atoms with van der Waals surface area (Å²) in [4.78, 5) is 11.3. The van der Waals surface area contributed by atoms with Gasteiger partial charge in [0.05, 0.1) is 0 Å². The second kappa shape index (κ2) is 7.12. The molecule has 0 aliphatic heterocycles. The molecule has 0 amide bonds. The van der Waals surface area contributed by atoms with E-state index in [9.17, 15) is 9.90 Å². The first kappa shape index (κ1) is 16.1. The molecule has 1 aromatic carbocycles. The Morgan fingerprint density at radius 2 is 1.95 bits per heavy atom. The first-order valence-corrected chi connectivity index (χ1v) is 7.50. The lowest BCUT2D eigenvalue weighted by molar-refractivity contribution is 0.472. The van der Waals surface area contributed by atoms with Crippen molar-refractivity contribution in [1.82, 2.24) is 0 Å². The Labute approximate surface area is 130 Å². The smallest absolute Gasteiger partial charge is 0.336 e. The van der Waals surface area contributed by atoms with E-state index in [1.165, 1.54) is 23.3 Å². The van der Waals surface area contributed by atoms with Crippen LogP contribution in [0.4, 0.5) is 0 Å². The molecule has 0 fully saturated rings. The summed E-state index contributed by atoms with van der Waals surface area (Å²) in [6.07, 6.45) is 7.17. The number of benzene rings is 1. The van der Waals surface area contributed by atoms with E-state index in [4.69, 9.17) is 4.42 Å². The molecule has 0 atom stereocenters. The van der Waals surface area contributed by atoms with Gasteiger partial charge < -0.3 is 9.52 Å². The maximum atomic E-state index is 11.3. The molecule has 0 aliphatic rings. The third kappa shape index (κ3) is 4.35. The third-order valence-corrected chi connectivity index (χ3v) is 3.57. The average molecular weight is 298 g/mol. The predicted molar refractivity (Wildman–Crippen MR) is 90.3 cm³/mol. The van der Waals surface area contributed by atoms with Crippen molar-refractivity contribution in [3.8, 4) is 5.75 Å². The molecule has 2 aromatic rings. The Morgan fingerprint density at radius 3 is 2.68 bits per heavy atom. The van der Waals surface area contributed by atoms with E-state index in [1.54, 1.807) is 12.1 Å². The molecule has 3 heteroatoms. The topological polar surface area (TPSA) is 50.4 Å². The minimum Gasteiger partial charge on any atom is -0.508 e. The summed E-state index contributed by atoms with van der Waals surface area (Å²) in [5, 5.41) is 10.6. The van der Waals surface area contributed by atoms with Gasteiger partial charge in [-0.1, -0.05) is 23.3 Å². The van der Waals surface area contributed by atoms with Crippen LogP contribution < -0.4 is 5.63 Å². The molecule has 1 aromatic heterocycles. The van der Waals surface area contributed by atoms with Gasteiger partial charge in [-0.2, -0.15) is 0 Å². The number of allylic oxidation sites excluding steroid dienone is 4. The maximum Gasteiger partial charge on any atom is 0.336 e. The maximum absolute atomic E-state index is 11.3. The predicted octanol–water partition coefficient (Wildman–Crippen LogP) is 4.73. The van der Waals surface area contributed by atoms with Gasteiger partial charge in [0.1, 0.15) is 11.3 Å². The highest BCUT2D eigenvalue weighted by Crippen LogP contribution is 2.24. The van der Waals surface area contributed by atoms with Gasteiger partial charge in [-0.3, -0.25) is 0 Å². The fourth-order valence-corrected chi connectivity index (χ4v) is 2.38. The molecular formula is C19H22O3. The Hall–Kier alpha value is -2.29. The van der Waals surface area contributed by atoms with Crippen LogP contribution in [-0.2, 0) is 6.42 Å². The van der Waals surface area contributed by atoms with Crippen LogP contribution in [0.3, 0.4) is 0 Å². The molecule has 0 saturated heterocycles. The average Bonchev–Trinajstić information content (AvgIpc) is 2.43. The normalized spacial score (nSPS) is 11.7. The quantitative estimate of drug-likeness (QED) is 0.641. The third-order valence-electron chi connectivity index (χ3n) is 3.57. The SMILES string of the molecule is CC(C)=CCC/C(C)=C/Cc1cc(O)cc2oc(=O)ccc12. The van der Waals surface area contributed by atoms with Crippen LogP contribution in [0.25, 0.3) is 11.0 Å². The Morgan fingerprint density at radius 1 is 1.18 bits per heavy atom. The fourth-order valence-electron chi connectivity index (χ4n) is 2.38. The lowest BCUT2D eigenvalue weighted by Gasteiger charge is -2.05. The zero-order valence-corrected chi connectivity index (χ0v) is 13.3. The summed E-state index contributed by atoms with van der Waals surface area (Å²) in [5.74, 6) is 0.118. The van der Waals surface area contributed by atoms with Crippen LogP contribution in [0.1, 0.15) is 39.2 Å². The van der Waals surface area contributed by atoms with E-state index in [2.05, 4.69) is 32.9 Å². The monoisotopic (exact) mass is 298 g/mol. The molecule has 22 heavy (non-hydrogen) atoms. The molecule has 1 N–H and O–H groups in total. The lowest BCUT2D eigenvalue weighted by Crippen LogP contribution is -1.96. The van der Waals surface area contributed by atoms with E-state index in [0.717, 1.165) is 23.8 Å². The highest BCUT2D eigenvalue weighted by atomic mass is 16.4. The molecular weight excluding hydrogens is 276 g/mol. The lowest BCUT2D eigenvalue weighted by atomic mass is 10.0. The van der Waals surface area contributed by atoms with Gasteiger partial charge in [0, 0.05) is 17.5 Å². The second-order valence-corrected chi connectivity index (χ2v) is 5.85. The van der Waals surface area contributed by atoms with Crippen LogP contribution >= 0.6 is 0 Å². The summed E-state index contributed by atoms with van der Waals surface area (Å²) in [5.41, 5.74) is 3.63. The van der Waals surface area contributed by atoms with Gasteiger partial charge in [-0.15, -0.1) is 0 Å². The van der Waals surface area contributed by atoms with E-state index in [1.807, 2.05) is 0 Å². The summed E-state index contributed by atoms with van der Waals surface area (Å²) in [6, 6.07) is 6.37. The molecule has 0 radical (unpaired) electrons. The van der Waals surface area contributed by atoms with Crippen LogP contribution in [-0.4, -0.2) is 5.11 Å². The van der Waals surface area contributed by atoms with E-state index in [-0.39, 0.29) is 5.75 Å². The van der Waals surface area contributed by atoms with Crippen molar-refractivity contribution in [1.29, 1.82) is 0 Å². The van der Waals surface area contributed by atoms with Crippen molar-refractivity contribution >= 4 is 11.0 Å². The van der Waals surface area contributed by atoms with E-state index in [0.29, 0.717) is 12.0 Å². The first-order chi connectivity index (χ1) is 10.5. The summed E-state index contributed by atoms with van der Waals surface area (Å²) >= 11 is 0. The van der Waals surface area contributed by atoms with Crippen LogP contribution in [0.15, 0.2) is 56.8 Å². The van der Waals surface area contributed by atoms with Gasteiger partial charge in [0.2, 0.25) is 0 Å². The second-order valence-electron chi connectivity index (χ2n) is 5.85. The molecule has 0 aliphatic carbocycles. The van der Waals surface area contributed by atoms with Gasteiger partial charge in [-0.05, 0) is 57.7 Å². The van der Waals surface area contributed by atoms with Gasteiger partial charge in [-0.25, -0.2) is 4.79 Å². The minimum atomic E-state index is -0.405. The van der Waals surface area contributed by atoms with Crippen molar-refractivity contribution in [2.45, 2.75) is 40.0 Å². The molecule has 0 bridgehead atoms. The molecule has 3 nitrogen and oxygen atoms in total. The Kier molecular flexibility index (Phi) is 5.21. The van der Waals surface area contributed by atoms with Gasteiger partial charge >= 0.3 is 5.63 Å². The van der Waals surface area contributed by atoms with Gasteiger partial charge in [0.15, 0.2) is 0 Å². The van der Waals surface area contributed by atoms with E-state index < -0.39 is 5.63 Å². The standard InChI is InChI=1S/C19H22O3/c1-13(2)5-4-6-14(3)7-8-15-11-16(20)12-18-17(15)9-10-19(21)22-18/h5,7,9-12,20H,4,6,8H2,1-3H3/b14-7+. The Bertz CT molecular complexity index is 775. The zero-order chi connectivity index (χ0) is 16.1. The molecule has 0 unspecified atom stereocenters. The van der Waals surface area contributed by atoms with Crippen LogP contribution in [0.5, 0.6) is 5.75 Å². The number of phenols is 1. The van der Waals surface area contributed by atoms with Crippen molar-refractivity contribution in [3.63, 3.8) is 0 Å². The molecule has 116 valence electrons. The largest absolute Gasteiger partial charge is 0.508 e. The molecule has 1 heterocycles. The fraction of sp³-hybridized carbons (Fsp3) is 0.316. The van der Waals surface area contributed by atoms with Crippen molar-refractivity contribution in [3.05, 3.63) is 63.5 Å². The number of aromatic hydroxyl groups is 1. The number of hydrogen-bond acceptors (Lipinski definition) is 3. The zero-order valence-electron chi connectivity index (χ0n) is 13.3. The molecule has 2 rings (SSSR count). The number of hydrogen-bond donors (Lipinski definition) is 1. The summed E-state index contributed by atoms with van der Waals surface area (Å²) < 4.78 is 5.14. The van der Waals surface area contributed by atoms with Crippen LogP contribution in [0, 0.1) is 0 Å². The van der Waals surface area contributed by atoms with Crippen molar-refractivity contribution in [2.75, 3.05) is 0 Å². The highest BCUT2D eigenvalue weighted by molar-refractivity contribution is 5.82. The Balaban J connectivity index is 2.20. The summed E-state index contributed by atoms with van der Waals surface area (Å²) in [6.45, 7) is 6.32. The van der Waals surface area contributed by atoms with Gasteiger partial charge in [0.25, 0.3) is 0 Å². The highest BCUT2D eigenvalue weighted by Gasteiger charge is 2.05. The minimum absolute atomic E-state index is 0.118. The van der Waals surface area contributed by atoms with Crippen LogP contribution in [0.2, 0.25) is 0 Å². The number of fused-ring (bicyclic) bond motifs is 1. The number of phenolic OH excluding ortho intramolecular Hbond substituents is 1. The van der Waals surface area contributed by atoms with Crippen molar-refractivity contribution in [2.24, 2.45) is 0 Å².